The van der Waals surface area contributed by atoms with Gasteiger partial charge in [0.25, 0.3) is 0 Å². The first-order valence-electron chi connectivity index (χ1n) is 4.45. The Balaban J connectivity index is 2.29. The number of rotatable bonds is 3. The van der Waals surface area contributed by atoms with Gasteiger partial charge in [-0.2, -0.15) is 0 Å². The quantitative estimate of drug-likeness (QED) is 0.648. The number of hydrogen-bond donors (Lipinski definition) is 2. The van der Waals surface area contributed by atoms with Gasteiger partial charge in [0.2, 0.25) is 5.91 Å². The van der Waals surface area contributed by atoms with Crippen LogP contribution < -0.4 is 10.6 Å². The maximum absolute atomic E-state index is 11.1. The summed E-state index contributed by atoms with van der Waals surface area (Å²) < 4.78 is 0. The average molecular weight is 170 g/mol. The number of likely N-dealkylation sites (N-methyl/N-ethyl adjacent to an activating group) is 1. The van der Waals surface area contributed by atoms with E-state index in [1.807, 2.05) is 6.92 Å². The number of carbonyl (C=O) groups is 1. The molecule has 2 atom stereocenters. The van der Waals surface area contributed by atoms with Gasteiger partial charge in [-0.15, -0.1) is 0 Å². The Morgan fingerprint density at radius 1 is 1.58 bits per heavy atom. The normalized spacial score (nSPS) is 27.8. The van der Waals surface area contributed by atoms with Crippen LogP contribution >= 0.6 is 0 Å². The fourth-order valence-corrected chi connectivity index (χ4v) is 1.35. The minimum Gasteiger partial charge on any atom is -0.358 e. The van der Waals surface area contributed by atoms with E-state index in [2.05, 4.69) is 24.5 Å². The maximum Gasteiger partial charge on any atom is 0.236 e. The third kappa shape index (κ3) is 1.97. The number of carbonyl (C=O) groups excluding carboxylic acids is 1. The maximum atomic E-state index is 11.1. The molecule has 3 heteroatoms. The molecule has 0 aromatic heterocycles. The molecular weight excluding hydrogens is 152 g/mol. The predicted molar refractivity (Wildman–Crippen MR) is 48.9 cm³/mol. The zero-order valence-electron chi connectivity index (χ0n) is 8.27. The molecule has 1 fully saturated rings. The highest BCUT2D eigenvalue weighted by Gasteiger charge is 2.46. The molecule has 1 aliphatic rings. The van der Waals surface area contributed by atoms with Gasteiger partial charge in [0.05, 0.1) is 6.04 Å². The van der Waals surface area contributed by atoms with E-state index in [1.165, 1.54) is 6.42 Å². The number of amides is 1. The van der Waals surface area contributed by atoms with Crippen molar-refractivity contribution in [3.63, 3.8) is 0 Å². The SMILES string of the molecule is CNC(=O)C(C)NC1CC1(C)C. The first kappa shape index (κ1) is 9.52. The molecule has 1 saturated carbocycles. The van der Waals surface area contributed by atoms with Crippen molar-refractivity contribution in [3.05, 3.63) is 0 Å². The molecule has 12 heavy (non-hydrogen) atoms. The Kier molecular flexibility index (Phi) is 2.42. The van der Waals surface area contributed by atoms with Crippen LogP contribution in [0.1, 0.15) is 27.2 Å². The van der Waals surface area contributed by atoms with Crippen LogP contribution in [0.15, 0.2) is 0 Å². The number of nitrogens with one attached hydrogen (secondary N) is 2. The van der Waals surface area contributed by atoms with Crippen LogP contribution in [0.25, 0.3) is 0 Å². The smallest absolute Gasteiger partial charge is 0.236 e. The summed E-state index contributed by atoms with van der Waals surface area (Å²) in [6.07, 6.45) is 1.17. The fraction of sp³-hybridized carbons (Fsp3) is 0.889. The summed E-state index contributed by atoms with van der Waals surface area (Å²) in [6, 6.07) is 0.451. The fourth-order valence-electron chi connectivity index (χ4n) is 1.35. The molecule has 0 radical (unpaired) electrons. The summed E-state index contributed by atoms with van der Waals surface area (Å²) in [7, 11) is 1.67. The van der Waals surface area contributed by atoms with E-state index in [0.29, 0.717) is 11.5 Å². The average Bonchev–Trinajstić information content (AvgIpc) is 2.57. The Bertz CT molecular complexity index is 189. The molecule has 1 amide bonds. The Hall–Kier alpha value is -0.570. The molecule has 2 N–H and O–H groups in total. The van der Waals surface area contributed by atoms with Crippen LogP contribution in [0.4, 0.5) is 0 Å². The standard InChI is InChI=1S/C9H18N2O/c1-6(8(12)10-4)11-7-5-9(7,2)3/h6-7,11H,5H2,1-4H3,(H,10,12). The van der Waals surface area contributed by atoms with E-state index in [1.54, 1.807) is 7.05 Å². The van der Waals surface area contributed by atoms with Crippen molar-refractivity contribution in [1.29, 1.82) is 0 Å². The van der Waals surface area contributed by atoms with E-state index < -0.39 is 0 Å². The van der Waals surface area contributed by atoms with Gasteiger partial charge in [-0.3, -0.25) is 4.79 Å². The molecule has 70 valence electrons. The second-order valence-electron chi connectivity index (χ2n) is 4.25. The molecule has 0 aromatic carbocycles. The summed E-state index contributed by atoms with van der Waals surface area (Å²) in [6.45, 7) is 6.32. The van der Waals surface area contributed by atoms with Crippen LogP contribution in [0.5, 0.6) is 0 Å². The van der Waals surface area contributed by atoms with E-state index in [9.17, 15) is 4.79 Å². The highest BCUT2D eigenvalue weighted by Crippen LogP contribution is 2.44. The van der Waals surface area contributed by atoms with E-state index in [0.717, 1.165) is 0 Å². The second kappa shape index (κ2) is 3.05. The van der Waals surface area contributed by atoms with Crippen molar-refractivity contribution in [3.8, 4) is 0 Å². The van der Waals surface area contributed by atoms with Crippen molar-refractivity contribution in [2.24, 2.45) is 5.41 Å². The summed E-state index contributed by atoms with van der Waals surface area (Å²) in [5, 5.41) is 5.91. The molecule has 1 aliphatic carbocycles. The molecule has 0 heterocycles. The van der Waals surface area contributed by atoms with E-state index >= 15 is 0 Å². The van der Waals surface area contributed by atoms with Crippen molar-refractivity contribution >= 4 is 5.91 Å². The third-order valence-electron chi connectivity index (χ3n) is 2.60. The van der Waals surface area contributed by atoms with Gasteiger partial charge in [0, 0.05) is 13.1 Å². The lowest BCUT2D eigenvalue weighted by Gasteiger charge is -2.13. The summed E-state index contributed by atoms with van der Waals surface area (Å²) in [5.41, 5.74) is 0.391. The first-order valence-corrected chi connectivity index (χ1v) is 4.45. The molecule has 2 unspecified atom stereocenters. The van der Waals surface area contributed by atoms with Crippen molar-refractivity contribution in [2.75, 3.05) is 7.05 Å². The minimum absolute atomic E-state index is 0.0673. The molecule has 0 aliphatic heterocycles. The van der Waals surface area contributed by atoms with Crippen molar-refractivity contribution in [2.45, 2.75) is 39.3 Å². The topological polar surface area (TPSA) is 41.1 Å². The monoisotopic (exact) mass is 170 g/mol. The Labute approximate surface area is 73.9 Å². The molecule has 0 bridgehead atoms. The molecule has 3 nitrogen and oxygen atoms in total. The molecule has 0 saturated heterocycles. The zero-order valence-corrected chi connectivity index (χ0v) is 8.27. The molecule has 1 rings (SSSR count). The predicted octanol–water partition coefficient (Wildman–Crippen LogP) is 0.509. The van der Waals surface area contributed by atoms with Crippen molar-refractivity contribution < 1.29 is 4.79 Å². The highest BCUT2D eigenvalue weighted by atomic mass is 16.2. The first-order chi connectivity index (χ1) is 5.47. The largest absolute Gasteiger partial charge is 0.358 e. The van der Waals surface area contributed by atoms with Crippen LogP contribution in [-0.4, -0.2) is 25.0 Å². The zero-order chi connectivity index (χ0) is 9.35. The van der Waals surface area contributed by atoms with Gasteiger partial charge in [-0.1, -0.05) is 13.8 Å². The van der Waals surface area contributed by atoms with Crippen LogP contribution in [-0.2, 0) is 4.79 Å². The van der Waals surface area contributed by atoms with Gasteiger partial charge in [0.15, 0.2) is 0 Å². The van der Waals surface area contributed by atoms with Crippen LogP contribution in [0, 0.1) is 5.41 Å². The van der Waals surface area contributed by atoms with E-state index in [4.69, 9.17) is 0 Å². The Morgan fingerprint density at radius 3 is 2.42 bits per heavy atom. The molecule has 0 aromatic rings. The summed E-state index contributed by atoms with van der Waals surface area (Å²) >= 11 is 0. The lowest BCUT2D eigenvalue weighted by Crippen LogP contribution is -2.42. The van der Waals surface area contributed by atoms with Crippen molar-refractivity contribution in [1.82, 2.24) is 10.6 Å². The third-order valence-corrected chi connectivity index (χ3v) is 2.60. The van der Waals surface area contributed by atoms with Crippen LogP contribution in [0.2, 0.25) is 0 Å². The lowest BCUT2D eigenvalue weighted by molar-refractivity contribution is -0.122. The highest BCUT2D eigenvalue weighted by molar-refractivity contribution is 5.81. The summed E-state index contributed by atoms with van der Waals surface area (Å²) in [5.74, 6) is 0.0673. The number of hydrogen-bond acceptors (Lipinski definition) is 2. The van der Waals surface area contributed by atoms with E-state index in [-0.39, 0.29) is 11.9 Å². The summed E-state index contributed by atoms with van der Waals surface area (Å²) in [4.78, 5) is 11.1. The molecule has 0 spiro atoms. The van der Waals surface area contributed by atoms with Gasteiger partial charge >= 0.3 is 0 Å². The Morgan fingerprint density at radius 2 is 2.08 bits per heavy atom. The lowest BCUT2D eigenvalue weighted by atomic mass is 10.2. The van der Waals surface area contributed by atoms with Crippen LogP contribution in [0.3, 0.4) is 0 Å². The van der Waals surface area contributed by atoms with Gasteiger partial charge in [-0.05, 0) is 18.8 Å². The minimum atomic E-state index is -0.0678. The van der Waals surface area contributed by atoms with Gasteiger partial charge < -0.3 is 10.6 Å². The van der Waals surface area contributed by atoms with Gasteiger partial charge in [0.1, 0.15) is 0 Å². The second-order valence-corrected chi connectivity index (χ2v) is 4.25. The molecular formula is C9H18N2O. The van der Waals surface area contributed by atoms with Gasteiger partial charge in [-0.25, -0.2) is 0 Å².